The summed E-state index contributed by atoms with van der Waals surface area (Å²) in [7, 11) is 1.67. The third kappa shape index (κ3) is 4.73. The molecule has 0 atom stereocenters. The highest BCUT2D eigenvalue weighted by Crippen LogP contribution is 2.44. The monoisotopic (exact) mass is 468 g/mol. The third-order valence-corrected chi connectivity index (χ3v) is 6.04. The van der Waals surface area contributed by atoms with Crippen molar-refractivity contribution in [1.82, 2.24) is 20.4 Å². The van der Waals surface area contributed by atoms with Crippen molar-refractivity contribution in [1.29, 1.82) is 0 Å². The van der Waals surface area contributed by atoms with Crippen LogP contribution in [-0.4, -0.2) is 41.8 Å². The number of ether oxygens (including phenoxy) is 2. The first-order valence-corrected chi connectivity index (χ1v) is 11.8. The van der Waals surface area contributed by atoms with Crippen molar-refractivity contribution in [2.75, 3.05) is 20.2 Å². The number of rotatable bonds is 8. The number of carbonyl (C=O) groups excluding carboxylic acids is 2. The Morgan fingerprint density at radius 2 is 2.06 bits per heavy atom. The zero-order valence-electron chi connectivity index (χ0n) is 19.2. The molecule has 0 bridgehead atoms. The summed E-state index contributed by atoms with van der Waals surface area (Å²) in [4.78, 5) is 24.1. The van der Waals surface area contributed by atoms with E-state index in [1.54, 1.807) is 18.4 Å². The SMILES string of the molecule is COc1cc2c(cc1CC(C)C)-c1c(c(C(=O)NCCNC(C)=O)nn1-c1ccsc1)CO2. The van der Waals surface area contributed by atoms with E-state index in [2.05, 4.69) is 30.5 Å². The molecule has 0 unspecified atom stereocenters. The second kappa shape index (κ2) is 9.66. The lowest BCUT2D eigenvalue weighted by Gasteiger charge is -2.22. The molecule has 2 N–H and O–H groups in total. The van der Waals surface area contributed by atoms with Gasteiger partial charge >= 0.3 is 0 Å². The molecule has 2 aromatic heterocycles. The summed E-state index contributed by atoms with van der Waals surface area (Å²) in [6, 6.07) is 5.99. The molecular weight excluding hydrogens is 440 g/mol. The topological polar surface area (TPSA) is 94.5 Å². The smallest absolute Gasteiger partial charge is 0.272 e. The molecule has 1 aromatic carbocycles. The van der Waals surface area contributed by atoms with Crippen LogP contribution < -0.4 is 20.1 Å². The highest BCUT2D eigenvalue weighted by molar-refractivity contribution is 7.08. The molecule has 3 heterocycles. The maximum absolute atomic E-state index is 13.0. The van der Waals surface area contributed by atoms with Crippen LogP contribution in [0.3, 0.4) is 0 Å². The van der Waals surface area contributed by atoms with Gasteiger partial charge in [-0.1, -0.05) is 13.8 Å². The van der Waals surface area contributed by atoms with E-state index in [4.69, 9.17) is 14.6 Å². The van der Waals surface area contributed by atoms with Gasteiger partial charge in [0.1, 0.15) is 18.1 Å². The quantitative estimate of drug-likeness (QED) is 0.493. The Hall–Kier alpha value is -3.33. The van der Waals surface area contributed by atoms with Gasteiger partial charge in [-0.05, 0) is 35.4 Å². The second-order valence-corrected chi connectivity index (χ2v) is 9.13. The fraction of sp³-hybridized carbons (Fsp3) is 0.375. The van der Waals surface area contributed by atoms with Crippen molar-refractivity contribution < 1.29 is 19.1 Å². The van der Waals surface area contributed by atoms with E-state index in [-0.39, 0.29) is 18.4 Å². The van der Waals surface area contributed by atoms with Crippen molar-refractivity contribution in [2.45, 2.75) is 33.8 Å². The van der Waals surface area contributed by atoms with Gasteiger partial charge in [-0.3, -0.25) is 9.59 Å². The minimum absolute atomic E-state index is 0.138. The van der Waals surface area contributed by atoms with E-state index in [1.165, 1.54) is 6.92 Å². The number of nitrogens with zero attached hydrogens (tertiary/aromatic N) is 2. The van der Waals surface area contributed by atoms with Gasteiger partial charge in [0.15, 0.2) is 5.69 Å². The van der Waals surface area contributed by atoms with Crippen LogP contribution in [0.15, 0.2) is 29.0 Å². The third-order valence-electron chi connectivity index (χ3n) is 5.37. The molecule has 0 spiro atoms. The Kier molecular flexibility index (Phi) is 6.69. The van der Waals surface area contributed by atoms with Gasteiger partial charge in [0.2, 0.25) is 5.91 Å². The van der Waals surface area contributed by atoms with Gasteiger partial charge in [-0.2, -0.15) is 16.4 Å². The molecule has 174 valence electrons. The van der Waals surface area contributed by atoms with Crippen molar-refractivity contribution in [3.63, 3.8) is 0 Å². The summed E-state index contributed by atoms with van der Waals surface area (Å²) in [6.45, 7) is 6.67. The maximum Gasteiger partial charge on any atom is 0.272 e. The average molecular weight is 469 g/mol. The highest BCUT2D eigenvalue weighted by Gasteiger charge is 2.31. The standard InChI is InChI=1S/C24H28N4O4S/c1-14(2)9-16-10-18-21(11-20(16)31-4)32-12-19-22(24(30)26-7-6-25-15(3)29)27-28(23(18)19)17-5-8-33-13-17/h5,8,10-11,13-14H,6-7,9,12H2,1-4H3,(H,25,29)(H,26,30). The van der Waals surface area contributed by atoms with Crippen LogP contribution >= 0.6 is 11.3 Å². The summed E-state index contributed by atoms with van der Waals surface area (Å²) in [5, 5.41) is 14.2. The van der Waals surface area contributed by atoms with Gasteiger partial charge < -0.3 is 20.1 Å². The van der Waals surface area contributed by atoms with E-state index in [0.717, 1.165) is 40.2 Å². The molecule has 33 heavy (non-hydrogen) atoms. The van der Waals surface area contributed by atoms with E-state index in [1.807, 2.05) is 27.6 Å². The average Bonchev–Trinajstić information content (AvgIpc) is 3.43. The zero-order chi connectivity index (χ0) is 23.5. The fourth-order valence-corrected chi connectivity index (χ4v) is 4.57. The molecule has 2 amide bonds. The van der Waals surface area contributed by atoms with Crippen LogP contribution in [0.1, 0.15) is 42.4 Å². The lowest BCUT2D eigenvalue weighted by molar-refractivity contribution is -0.118. The van der Waals surface area contributed by atoms with Crippen LogP contribution in [0, 0.1) is 5.92 Å². The molecular formula is C24H28N4O4S. The number of benzene rings is 1. The summed E-state index contributed by atoms with van der Waals surface area (Å²) in [5.74, 6) is 1.52. The number of carbonyl (C=O) groups is 2. The Bertz CT molecular complexity index is 1170. The van der Waals surface area contributed by atoms with Crippen LogP contribution in [0.25, 0.3) is 16.9 Å². The lowest BCUT2D eigenvalue weighted by Crippen LogP contribution is -2.34. The van der Waals surface area contributed by atoms with E-state index < -0.39 is 0 Å². The molecule has 0 fully saturated rings. The summed E-state index contributed by atoms with van der Waals surface area (Å²) < 4.78 is 13.5. The van der Waals surface area contributed by atoms with Crippen LogP contribution in [0.2, 0.25) is 0 Å². The summed E-state index contributed by atoms with van der Waals surface area (Å²) in [6.07, 6.45) is 0.856. The first-order valence-electron chi connectivity index (χ1n) is 10.9. The first kappa shape index (κ1) is 22.8. The second-order valence-electron chi connectivity index (χ2n) is 8.35. The summed E-state index contributed by atoms with van der Waals surface area (Å²) in [5.41, 5.74) is 4.79. The maximum atomic E-state index is 13.0. The minimum atomic E-state index is -0.298. The van der Waals surface area contributed by atoms with Crippen LogP contribution in [0.5, 0.6) is 11.5 Å². The van der Waals surface area contributed by atoms with Gasteiger partial charge in [0, 0.05) is 42.6 Å². The molecule has 0 saturated heterocycles. The number of hydrogen-bond donors (Lipinski definition) is 2. The number of nitrogens with one attached hydrogen (secondary N) is 2. The lowest BCUT2D eigenvalue weighted by atomic mass is 9.95. The van der Waals surface area contributed by atoms with Crippen LogP contribution in [-0.2, 0) is 17.8 Å². The first-order chi connectivity index (χ1) is 15.9. The van der Waals surface area contributed by atoms with E-state index in [0.29, 0.717) is 30.5 Å². The Morgan fingerprint density at radius 1 is 1.27 bits per heavy atom. The highest BCUT2D eigenvalue weighted by atomic mass is 32.1. The molecule has 0 saturated carbocycles. The van der Waals surface area contributed by atoms with Crippen molar-refractivity contribution in [3.8, 4) is 28.4 Å². The predicted molar refractivity (Wildman–Crippen MR) is 127 cm³/mol. The summed E-state index contributed by atoms with van der Waals surface area (Å²) >= 11 is 1.57. The molecule has 0 aliphatic carbocycles. The molecule has 1 aliphatic heterocycles. The largest absolute Gasteiger partial charge is 0.496 e. The fourth-order valence-electron chi connectivity index (χ4n) is 3.96. The zero-order valence-corrected chi connectivity index (χ0v) is 20.0. The Balaban J connectivity index is 1.78. The number of fused-ring (bicyclic) bond motifs is 3. The normalized spacial score (nSPS) is 12.0. The van der Waals surface area contributed by atoms with Gasteiger partial charge in [-0.25, -0.2) is 4.68 Å². The van der Waals surface area contributed by atoms with Gasteiger partial charge in [-0.15, -0.1) is 0 Å². The number of aromatic nitrogens is 2. The Labute approximate surface area is 196 Å². The molecule has 1 aliphatic rings. The number of amides is 2. The van der Waals surface area contributed by atoms with Crippen molar-refractivity contribution in [2.24, 2.45) is 5.92 Å². The van der Waals surface area contributed by atoms with Gasteiger partial charge in [0.25, 0.3) is 5.91 Å². The van der Waals surface area contributed by atoms with Gasteiger partial charge in [0.05, 0.1) is 18.5 Å². The minimum Gasteiger partial charge on any atom is -0.496 e. The van der Waals surface area contributed by atoms with E-state index >= 15 is 0 Å². The molecule has 4 rings (SSSR count). The van der Waals surface area contributed by atoms with E-state index in [9.17, 15) is 9.59 Å². The van der Waals surface area contributed by atoms with Crippen molar-refractivity contribution in [3.05, 3.63) is 45.8 Å². The van der Waals surface area contributed by atoms with Crippen LogP contribution in [0.4, 0.5) is 0 Å². The molecule has 0 radical (unpaired) electrons. The van der Waals surface area contributed by atoms with Crippen molar-refractivity contribution >= 4 is 23.2 Å². The predicted octanol–water partition coefficient (Wildman–Crippen LogP) is 3.57. The number of methoxy groups -OCH3 is 1. The molecule has 3 aromatic rings. The number of thiophene rings is 1. The Morgan fingerprint density at radius 3 is 2.73 bits per heavy atom. The molecule has 8 nitrogen and oxygen atoms in total. The molecule has 9 heteroatoms. The number of hydrogen-bond acceptors (Lipinski definition) is 6.